The first-order valence-corrected chi connectivity index (χ1v) is 6.18. The lowest BCUT2D eigenvalue weighted by Gasteiger charge is -2.31. The molecule has 0 bridgehead atoms. The Hall–Kier alpha value is -1.84. The average Bonchev–Trinajstić information content (AvgIpc) is 2.37. The summed E-state index contributed by atoms with van der Waals surface area (Å²) in [5.74, 6) is 1.52. The molecule has 1 aliphatic heterocycles. The predicted octanol–water partition coefficient (Wildman–Crippen LogP) is 0.801. The van der Waals surface area contributed by atoms with E-state index in [2.05, 4.69) is 5.92 Å². The Morgan fingerprint density at radius 3 is 2.60 bits per heavy atom. The molecule has 0 N–H and O–H groups in total. The minimum Gasteiger partial charge on any atom is -0.463 e. The lowest BCUT2D eigenvalue weighted by molar-refractivity contribution is -0.202. The van der Waals surface area contributed by atoms with Gasteiger partial charge in [0.2, 0.25) is 0 Å². The van der Waals surface area contributed by atoms with E-state index in [1.165, 1.54) is 13.8 Å². The molecule has 20 heavy (non-hydrogen) atoms. The molecule has 0 saturated heterocycles. The van der Waals surface area contributed by atoms with Crippen molar-refractivity contribution in [2.45, 2.75) is 45.4 Å². The fraction of sp³-hybridized carbons (Fsp3) is 0.571. The molecule has 0 radical (unpaired) electrons. The number of esters is 2. The number of carbonyl (C=O) groups excluding carboxylic acids is 2. The van der Waals surface area contributed by atoms with E-state index >= 15 is 0 Å². The Labute approximate surface area is 118 Å². The minimum atomic E-state index is -0.673. The molecule has 1 aliphatic rings. The van der Waals surface area contributed by atoms with E-state index in [1.807, 2.05) is 0 Å². The van der Waals surface area contributed by atoms with Gasteiger partial charge in [-0.05, 0) is 19.1 Å². The van der Waals surface area contributed by atoms with E-state index in [1.54, 1.807) is 19.1 Å². The lowest BCUT2D eigenvalue weighted by Crippen LogP contribution is -2.42. The van der Waals surface area contributed by atoms with Gasteiger partial charge in [-0.15, -0.1) is 6.42 Å². The van der Waals surface area contributed by atoms with Gasteiger partial charge >= 0.3 is 11.9 Å². The van der Waals surface area contributed by atoms with Crippen LogP contribution >= 0.6 is 0 Å². The van der Waals surface area contributed by atoms with Crippen LogP contribution in [0, 0.1) is 12.3 Å². The normalized spacial score (nSPS) is 26.4. The molecule has 0 aromatic carbocycles. The zero-order valence-electron chi connectivity index (χ0n) is 11.7. The first-order valence-electron chi connectivity index (χ1n) is 6.18. The Balaban J connectivity index is 2.68. The minimum absolute atomic E-state index is 0.0398. The summed E-state index contributed by atoms with van der Waals surface area (Å²) in [5, 5.41) is 0. The molecular weight excluding hydrogens is 264 g/mol. The smallest absolute Gasteiger partial charge is 0.303 e. The maximum Gasteiger partial charge on any atom is 0.303 e. The fourth-order valence-electron chi connectivity index (χ4n) is 1.58. The molecule has 1 heterocycles. The van der Waals surface area contributed by atoms with Crippen molar-refractivity contribution < 1.29 is 28.5 Å². The lowest BCUT2D eigenvalue weighted by atomic mass is 10.1. The van der Waals surface area contributed by atoms with Gasteiger partial charge in [0.05, 0.1) is 0 Å². The van der Waals surface area contributed by atoms with E-state index in [0.717, 1.165) is 0 Å². The molecule has 0 aromatic rings. The van der Waals surface area contributed by atoms with Gasteiger partial charge in [0.25, 0.3) is 0 Å². The molecule has 6 nitrogen and oxygen atoms in total. The van der Waals surface area contributed by atoms with Crippen LogP contribution in [-0.2, 0) is 28.5 Å². The van der Waals surface area contributed by atoms with Gasteiger partial charge in [0, 0.05) is 13.8 Å². The fourth-order valence-corrected chi connectivity index (χ4v) is 1.58. The second kappa shape index (κ2) is 7.68. The number of hydrogen-bond acceptors (Lipinski definition) is 6. The highest BCUT2D eigenvalue weighted by Gasteiger charge is 2.31. The Bertz CT molecular complexity index is 422. The SMILES string of the molecule is C#C[C@@H](C)O[C@@H]1C=C[C@H](OC(C)=O)C(COC(C)=O)O1. The molecular formula is C14H18O6. The summed E-state index contributed by atoms with van der Waals surface area (Å²) in [5.41, 5.74) is 0. The third-order valence-electron chi connectivity index (χ3n) is 2.46. The molecule has 1 unspecified atom stereocenters. The van der Waals surface area contributed by atoms with E-state index in [-0.39, 0.29) is 6.61 Å². The van der Waals surface area contributed by atoms with Gasteiger partial charge in [0.1, 0.15) is 24.9 Å². The van der Waals surface area contributed by atoms with Gasteiger partial charge in [-0.25, -0.2) is 0 Å². The molecule has 6 heteroatoms. The topological polar surface area (TPSA) is 71.1 Å². The van der Waals surface area contributed by atoms with Crippen LogP contribution in [0.3, 0.4) is 0 Å². The van der Waals surface area contributed by atoms with Crippen molar-refractivity contribution in [2.24, 2.45) is 0 Å². The van der Waals surface area contributed by atoms with Crippen molar-refractivity contribution in [1.82, 2.24) is 0 Å². The summed E-state index contributed by atoms with van der Waals surface area (Å²) in [6, 6.07) is 0. The van der Waals surface area contributed by atoms with Crippen molar-refractivity contribution in [3.05, 3.63) is 12.2 Å². The predicted molar refractivity (Wildman–Crippen MR) is 69.4 cm³/mol. The summed E-state index contributed by atoms with van der Waals surface area (Å²) in [7, 11) is 0. The number of terminal acetylenes is 1. The molecule has 0 aromatic heterocycles. The molecule has 0 fully saturated rings. The van der Waals surface area contributed by atoms with Crippen LogP contribution < -0.4 is 0 Å². The van der Waals surface area contributed by atoms with Crippen molar-refractivity contribution in [2.75, 3.05) is 6.61 Å². The highest BCUT2D eigenvalue weighted by molar-refractivity contribution is 5.66. The van der Waals surface area contributed by atoms with E-state index in [0.29, 0.717) is 0 Å². The van der Waals surface area contributed by atoms with Crippen LogP contribution in [0.1, 0.15) is 20.8 Å². The van der Waals surface area contributed by atoms with Gasteiger partial charge < -0.3 is 18.9 Å². The van der Waals surface area contributed by atoms with E-state index in [4.69, 9.17) is 25.4 Å². The van der Waals surface area contributed by atoms with Crippen molar-refractivity contribution in [3.8, 4) is 12.3 Å². The average molecular weight is 282 g/mol. The summed E-state index contributed by atoms with van der Waals surface area (Å²) >= 11 is 0. The van der Waals surface area contributed by atoms with Crippen LogP contribution in [0.4, 0.5) is 0 Å². The molecule has 110 valence electrons. The summed E-state index contributed by atoms with van der Waals surface area (Å²) in [6.45, 7) is 4.24. The number of ether oxygens (including phenoxy) is 4. The summed E-state index contributed by atoms with van der Waals surface area (Å²) < 4.78 is 20.9. The summed E-state index contributed by atoms with van der Waals surface area (Å²) in [6.07, 6.45) is 6.09. The Kier molecular flexibility index (Phi) is 6.22. The third kappa shape index (κ3) is 5.43. The molecule has 1 rings (SSSR count). The zero-order valence-corrected chi connectivity index (χ0v) is 11.7. The highest BCUT2D eigenvalue weighted by atomic mass is 16.7. The zero-order chi connectivity index (χ0) is 15.1. The van der Waals surface area contributed by atoms with Crippen LogP contribution in [-0.4, -0.2) is 43.1 Å². The third-order valence-corrected chi connectivity index (χ3v) is 2.46. The molecule has 0 aliphatic carbocycles. The van der Waals surface area contributed by atoms with Gasteiger partial charge in [-0.1, -0.05) is 5.92 Å². The number of hydrogen-bond donors (Lipinski definition) is 0. The first kappa shape index (κ1) is 16.2. The van der Waals surface area contributed by atoms with Gasteiger partial charge in [-0.2, -0.15) is 0 Å². The van der Waals surface area contributed by atoms with Crippen LogP contribution in [0.25, 0.3) is 0 Å². The second-order valence-electron chi connectivity index (χ2n) is 4.25. The van der Waals surface area contributed by atoms with Gasteiger partial charge in [-0.3, -0.25) is 9.59 Å². The Morgan fingerprint density at radius 1 is 1.35 bits per heavy atom. The second-order valence-corrected chi connectivity index (χ2v) is 4.25. The quantitative estimate of drug-likeness (QED) is 0.422. The van der Waals surface area contributed by atoms with Crippen LogP contribution in [0.5, 0.6) is 0 Å². The first-order chi connectivity index (χ1) is 9.42. The maximum atomic E-state index is 11.0. The maximum absolute atomic E-state index is 11.0. The van der Waals surface area contributed by atoms with Crippen molar-refractivity contribution in [3.63, 3.8) is 0 Å². The van der Waals surface area contributed by atoms with Gasteiger partial charge in [0.15, 0.2) is 6.29 Å². The Morgan fingerprint density at radius 2 is 2.05 bits per heavy atom. The van der Waals surface area contributed by atoms with Crippen LogP contribution in [0.15, 0.2) is 12.2 Å². The van der Waals surface area contributed by atoms with Crippen LogP contribution in [0.2, 0.25) is 0 Å². The molecule has 0 amide bonds. The highest BCUT2D eigenvalue weighted by Crippen LogP contribution is 2.18. The summed E-state index contributed by atoms with van der Waals surface area (Å²) in [4.78, 5) is 21.9. The van der Waals surface area contributed by atoms with Crippen molar-refractivity contribution in [1.29, 1.82) is 0 Å². The van der Waals surface area contributed by atoms with E-state index in [9.17, 15) is 9.59 Å². The molecule has 4 atom stereocenters. The van der Waals surface area contributed by atoms with Crippen molar-refractivity contribution >= 4 is 11.9 Å². The monoisotopic (exact) mass is 282 g/mol. The molecule has 0 saturated carbocycles. The number of rotatable bonds is 5. The van der Waals surface area contributed by atoms with E-state index < -0.39 is 36.5 Å². The largest absolute Gasteiger partial charge is 0.463 e. The number of carbonyl (C=O) groups is 2. The standard InChI is InChI=1S/C14H18O6/c1-5-9(2)18-14-7-6-12(19-11(4)16)13(20-14)8-17-10(3)15/h1,6-7,9,12-14H,8H2,2-4H3/t9-,12+,13?,14+/m1/s1. The molecule has 0 spiro atoms.